The van der Waals surface area contributed by atoms with Gasteiger partial charge in [0.2, 0.25) is 0 Å². The fourth-order valence-corrected chi connectivity index (χ4v) is 4.59. The summed E-state index contributed by atoms with van der Waals surface area (Å²) in [4.78, 5) is 21.9. The van der Waals surface area contributed by atoms with Gasteiger partial charge in [-0.15, -0.1) is 0 Å². The predicted octanol–water partition coefficient (Wildman–Crippen LogP) is 4.51. The van der Waals surface area contributed by atoms with Gasteiger partial charge in [-0.05, 0) is 56.4 Å². The third-order valence-corrected chi connectivity index (χ3v) is 6.42. The fourth-order valence-electron chi connectivity index (χ4n) is 4.59. The van der Waals surface area contributed by atoms with Gasteiger partial charge in [0.15, 0.2) is 0 Å². The minimum atomic E-state index is -0.662. The van der Waals surface area contributed by atoms with Crippen LogP contribution in [-0.4, -0.2) is 37.0 Å². The number of para-hydroxylation sites is 1. The number of fused-ring (bicyclic) bond motifs is 1. The maximum Gasteiger partial charge on any atom is 0.320 e. The lowest BCUT2D eigenvalue weighted by molar-refractivity contribution is 0.123. The van der Waals surface area contributed by atoms with Crippen LogP contribution in [0.2, 0.25) is 0 Å². The van der Waals surface area contributed by atoms with Crippen LogP contribution in [0.1, 0.15) is 41.4 Å². The molecule has 3 N–H and O–H groups in total. The molecule has 2 aromatic heterocycles. The molecule has 5 rings (SSSR count). The van der Waals surface area contributed by atoms with E-state index < -0.39 is 18.2 Å². The first kappa shape index (κ1) is 22.7. The highest BCUT2D eigenvalue weighted by Gasteiger charge is 2.28. The van der Waals surface area contributed by atoms with Crippen molar-refractivity contribution in [3.63, 3.8) is 0 Å². The zero-order chi connectivity index (χ0) is 24.4. The molecule has 1 aliphatic carbocycles. The summed E-state index contributed by atoms with van der Waals surface area (Å²) in [6.07, 6.45) is 5.18. The van der Waals surface area contributed by atoms with E-state index in [1.165, 1.54) is 0 Å². The second kappa shape index (κ2) is 9.68. The first-order chi connectivity index (χ1) is 17.0. The molecule has 0 aliphatic heterocycles. The van der Waals surface area contributed by atoms with Crippen LogP contribution >= 0.6 is 0 Å². The van der Waals surface area contributed by atoms with Gasteiger partial charge >= 0.3 is 6.03 Å². The normalized spacial score (nSPS) is 17.3. The summed E-state index contributed by atoms with van der Waals surface area (Å²) >= 11 is 0. The Bertz CT molecular complexity index is 1330. The summed E-state index contributed by atoms with van der Waals surface area (Å²) in [5, 5.41) is 21.6. The second-order valence-corrected chi connectivity index (χ2v) is 8.82. The van der Waals surface area contributed by atoms with Crippen molar-refractivity contribution >= 4 is 11.8 Å². The standard InChI is InChI=1S/C27H28N6O2/c1-17-24(20-15-28-18(2)29-16-20)32-33(21-11-4-3-5-12-21)26(17)31-27(35)30-25-22-13-7-6-9-19(22)10-8-14-23(25)34/h3-7,9,11-13,15-16,23,25,34H,8,10,14H2,1-2H3,(H2,30,31,35)/t23-,25-/m1/s1. The van der Waals surface area contributed by atoms with Crippen LogP contribution < -0.4 is 10.6 Å². The number of nitrogens with zero attached hydrogens (tertiary/aromatic N) is 4. The molecule has 0 fully saturated rings. The summed E-state index contributed by atoms with van der Waals surface area (Å²) in [6, 6.07) is 16.7. The molecule has 8 heteroatoms. The minimum Gasteiger partial charge on any atom is -0.391 e. The molecule has 0 unspecified atom stereocenters. The lowest BCUT2D eigenvalue weighted by atomic mass is 9.98. The maximum atomic E-state index is 13.3. The van der Waals surface area contributed by atoms with Crippen LogP contribution in [-0.2, 0) is 6.42 Å². The monoisotopic (exact) mass is 468 g/mol. The number of hydrogen-bond acceptors (Lipinski definition) is 5. The van der Waals surface area contributed by atoms with E-state index in [4.69, 9.17) is 5.10 Å². The SMILES string of the molecule is Cc1ncc(-c2nn(-c3ccccc3)c(NC(=O)N[C@@H]3c4ccccc4CCC[C@H]3O)c2C)cn1. The number of amides is 2. The summed E-state index contributed by atoms with van der Waals surface area (Å²) in [7, 11) is 0. The molecule has 2 atom stereocenters. The van der Waals surface area contributed by atoms with Crippen LogP contribution in [0, 0.1) is 13.8 Å². The third-order valence-electron chi connectivity index (χ3n) is 6.42. The highest BCUT2D eigenvalue weighted by molar-refractivity contribution is 5.91. The Morgan fingerprint density at radius 1 is 1.03 bits per heavy atom. The molecule has 0 saturated heterocycles. The number of carbonyl (C=O) groups excluding carboxylic acids is 1. The molecule has 35 heavy (non-hydrogen) atoms. The van der Waals surface area contributed by atoms with Gasteiger partial charge in [0.25, 0.3) is 0 Å². The second-order valence-electron chi connectivity index (χ2n) is 8.82. The number of urea groups is 1. The molecule has 0 bridgehead atoms. The Kier molecular flexibility index (Phi) is 6.29. The molecule has 0 radical (unpaired) electrons. The van der Waals surface area contributed by atoms with Crippen molar-refractivity contribution in [2.45, 2.75) is 45.3 Å². The maximum absolute atomic E-state index is 13.3. The highest BCUT2D eigenvalue weighted by Crippen LogP contribution is 2.31. The summed E-state index contributed by atoms with van der Waals surface area (Å²) in [5.41, 5.74) is 5.16. The summed E-state index contributed by atoms with van der Waals surface area (Å²) in [6.45, 7) is 3.74. The lowest BCUT2D eigenvalue weighted by Crippen LogP contribution is -2.39. The van der Waals surface area contributed by atoms with Gasteiger partial charge in [-0.25, -0.2) is 19.4 Å². The molecular weight excluding hydrogens is 440 g/mol. The van der Waals surface area contributed by atoms with Gasteiger partial charge in [0.1, 0.15) is 17.3 Å². The quantitative estimate of drug-likeness (QED) is 0.382. The van der Waals surface area contributed by atoms with Gasteiger partial charge in [0, 0.05) is 23.5 Å². The van der Waals surface area contributed by atoms with Crippen LogP contribution in [0.25, 0.3) is 16.9 Å². The van der Waals surface area contributed by atoms with Crippen molar-refractivity contribution in [3.8, 4) is 16.9 Å². The van der Waals surface area contributed by atoms with Gasteiger partial charge in [-0.2, -0.15) is 5.10 Å². The van der Waals surface area contributed by atoms with Gasteiger partial charge < -0.3 is 10.4 Å². The van der Waals surface area contributed by atoms with Crippen molar-refractivity contribution in [2.75, 3.05) is 5.32 Å². The Labute approximate surface area is 204 Å². The number of aryl methyl sites for hydroxylation is 2. The van der Waals surface area contributed by atoms with E-state index in [0.29, 0.717) is 23.8 Å². The van der Waals surface area contributed by atoms with Crippen LogP contribution in [0.15, 0.2) is 67.0 Å². The van der Waals surface area contributed by atoms with Crippen LogP contribution in [0.5, 0.6) is 0 Å². The Morgan fingerprint density at radius 2 is 1.74 bits per heavy atom. The fraction of sp³-hybridized carbons (Fsp3) is 0.259. The number of aliphatic hydroxyl groups is 1. The Hall–Kier alpha value is -4.04. The first-order valence-electron chi connectivity index (χ1n) is 11.8. The number of benzene rings is 2. The zero-order valence-electron chi connectivity index (χ0n) is 19.8. The van der Waals surface area contributed by atoms with Gasteiger partial charge in [0.05, 0.1) is 17.8 Å². The van der Waals surface area contributed by atoms with E-state index in [9.17, 15) is 9.90 Å². The van der Waals surface area contributed by atoms with E-state index in [0.717, 1.165) is 40.8 Å². The molecule has 2 amide bonds. The number of anilines is 1. The predicted molar refractivity (Wildman–Crippen MR) is 134 cm³/mol. The van der Waals surface area contributed by atoms with Crippen molar-refractivity contribution < 1.29 is 9.90 Å². The number of aliphatic hydroxyl groups excluding tert-OH is 1. The van der Waals surface area contributed by atoms with E-state index in [1.54, 1.807) is 17.1 Å². The number of rotatable bonds is 4. The highest BCUT2D eigenvalue weighted by atomic mass is 16.3. The van der Waals surface area contributed by atoms with E-state index in [2.05, 4.69) is 26.7 Å². The molecule has 1 aliphatic rings. The molecule has 0 spiro atoms. The molecule has 178 valence electrons. The van der Waals surface area contributed by atoms with Crippen molar-refractivity contribution in [1.82, 2.24) is 25.1 Å². The van der Waals surface area contributed by atoms with E-state index in [1.807, 2.05) is 62.4 Å². The molecule has 8 nitrogen and oxygen atoms in total. The molecule has 2 aromatic carbocycles. The van der Waals surface area contributed by atoms with E-state index in [-0.39, 0.29) is 0 Å². The molecule has 4 aromatic rings. The minimum absolute atomic E-state index is 0.405. The van der Waals surface area contributed by atoms with Gasteiger partial charge in [-0.3, -0.25) is 5.32 Å². The average molecular weight is 469 g/mol. The van der Waals surface area contributed by atoms with Crippen molar-refractivity contribution in [2.24, 2.45) is 0 Å². The average Bonchev–Trinajstić information content (AvgIpc) is 3.10. The van der Waals surface area contributed by atoms with Gasteiger partial charge in [-0.1, -0.05) is 42.5 Å². The zero-order valence-corrected chi connectivity index (χ0v) is 19.8. The largest absolute Gasteiger partial charge is 0.391 e. The Balaban J connectivity index is 1.48. The third kappa shape index (κ3) is 4.65. The number of nitrogens with one attached hydrogen (secondary N) is 2. The van der Waals surface area contributed by atoms with Crippen LogP contribution in [0.3, 0.4) is 0 Å². The summed E-state index contributed by atoms with van der Waals surface area (Å²) < 4.78 is 1.71. The molecule has 0 saturated carbocycles. The smallest absolute Gasteiger partial charge is 0.320 e. The molecule has 2 heterocycles. The Morgan fingerprint density at radius 3 is 2.51 bits per heavy atom. The first-order valence-corrected chi connectivity index (χ1v) is 11.8. The molecular formula is C27H28N6O2. The van der Waals surface area contributed by atoms with Crippen molar-refractivity contribution in [3.05, 3.63) is 89.5 Å². The lowest BCUT2D eigenvalue weighted by Gasteiger charge is -2.24. The van der Waals surface area contributed by atoms with Crippen LogP contribution in [0.4, 0.5) is 10.6 Å². The topological polar surface area (TPSA) is 105 Å². The van der Waals surface area contributed by atoms with E-state index >= 15 is 0 Å². The number of aromatic nitrogens is 4. The number of carbonyl (C=O) groups is 1. The number of hydrogen-bond donors (Lipinski definition) is 3. The summed E-state index contributed by atoms with van der Waals surface area (Å²) in [5.74, 6) is 1.22. The van der Waals surface area contributed by atoms with Crippen molar-refractivity contribution in [1.29, 1.82) is 0 Å².